The number of carbonyl (C=O) groups excluding carboxylic acids is 2. The molecule has 0 bridgehead atoms. The van der Waals surface area contributed by atoms with Crippen LogP contribution in [-0.4, -0.2) is 61.4 Å². The van der Waals surface area contributed by atoms with Crippen LogP contribution in [0.25, 0.3) is 6.08 Å². The van der Waals surface area contributed by atoms with Gasteiger partial charge in [-0.1, -0.05) is 12.1 Å². The number of piperidine rings is 1. The van der Waals surface area contributed by atoms with E-state index in [0.717, 1.165) is 31.5 Å². The summed E-state index contributed by atoms with van der Waals surface area (Å²) < 4.78 is 5.22. The van der Waals surface area contributed by atoms with Gasteiger partial charge >= 0.3 is 0 Å². The summed E-state index contributed by atoms with van der Waals surface area (Å²) in [5.41, 5.74) is 5.95. The number of hydrogen-bond acceptors (Lipinski definition) is 4. The van der Waals surface area contributed by atoms with Crippen molar-refractivity contribution in [3.05, 3.63) is 35.9 Å². The number of likely N-dealkylation sites (tertiary alicyclic amines) is 1. The molecular weight excluding hydrogens is 318 g/mol. The highest BCUT2D eigenvalue weighted by Gasteiger charge is 2.25. The van der Waals surface area contributed by atoms with E-state index in [1.165, 1.54) is 6.42 Å². The number of amides is 2. The average molecular weight is 345 g/mol. The zero-order valence-corrected chi connectivity index (χ0v) is 15.0. The molecule has 1 aromatic rings. The lowest BCUT2D eigenvalue weighted by Gasteiger charge is -2.36. The largest absolute Gasteiger partial charge is 0.484 e. The molecule has 1 aromatic carbocycles. The van der Waals surface area contributed by atoms with E-state index in [4.69, 9.17) is 10.5 Å². The lowest BCUT2D eigenvalue weighted by atomic mass is 10.0. The molecule has 1 fully saturated rings. The Morgan fingerprint density at radius 1 is 1.28 bits per heavy atom. The first-order valence-electron chi connectivity index (χ1n) is 8.60. The Morgan fingerprint density at radius 3 is 2.64 bits per heavy atom. The van der Waals surface area contributed by atoms with E-state index in [1.807, 2.05) is 37.2 Å². The van der Waals surface area contributed by atoms with Gasteiger partial charge in [0.2, 0.25) is 5.91 Å². The topological polar surface area (TPSA) is 75.9 Å². The van der Waals surface area contributed by atoms with Crippen LogP contribution in [0.3, 0.4) is 0 Å². The highest BCUT2D eigenvalue weighted by molar-refractivity contribution is 5.92. The van der Waals surface area contributed by atoms with Crippen LogP contribution >= 0.6 is 0 Å². The summed E-state index contributed by atoms with van der Waals surface area (Å²) in [7, 11) is 4.07. The molecule has 1 atom stereocenters. The maximum atomic E-state index is 12.6. The summed E-state index contributed by atoms with van der Waals surface area (Å²) in [6.07, 6.45) is 6.74. The Kier molecular flexibility index (Phi) is 7.01. The van der Waals surface area contributed by atoms with Crippen molar-refractivity contribution >= 4 is 17.9 Å². The van der Waals surface area contributed by atoms with Crippen molar-refractivity contribution in [1.82, 2.24) is 9.80 Å². The van der Waals surface area contributed by atoms with Gasteiger partial charge in [0.1, 0.15) is 5.75 Å². The monoisotopic (exact) mass is 345 g/mol. The first-order chi connectivity index (χ1) is 12.0. The lowest BCUT2D eigenvalue weighted by molar-refractivity contribution is -0.129. The number of likely N-dealkylation sites (N-methyl/N-ethyl adjacent to an activating group) is 1. The van der Waals surface area contributed by atoms with E-state index in [1.54, 1.807) is 18.2 Å². The fraction of sp³-hybridized carbons (Fsp3) is 0.474. The highest BCUT2D eigenvalue weighted by Crippen LogP contribution is 2.19. The van der Waals surface area contributed by atoms with Gasteiger partial charge in [0, 0.05) is 25.2 Å². The van der Waals surface area contributed by atoms with Gasteiger partial charge in [0.25, 0.3) is 5.91 Å². The van der Waals surface area contributed by atoms with Gasteiger partial charge in [0.05, 0.1) is 0 Å². The fourth-order valence-electron chi connectivity index (χ4n) is 2.99. The molecule has 6 heteroatoms. The van der Waals surface area contributed by atoms with Crippen molar-refractivity contribution in [3.8, 4) is 5.75 Å². The van der Waals surface area contributed by atoms with E-state index in [0.29, 0.717) is 5.75 Å². The average Bonchev–Trinajstić information content (AvgIpc) is 2.58. The van der Waals surface area contributed by atoms with Crippen molar-refractivity contribution in [2.24, 2.45) is 5.73 Å². The Hall–Kier alpha value is -2.34. The number of benzene rings is 1. The molecule has 2 amide bonds. The Balaban J connectivity index is 1.95. The lowest BCUT2D eigenvalue weighted by Crippen LogP contribution is -2.47. The summed E-state index contributed by atoms with van der Waals surface area (Å²) in [6.45, 7) is 1.57. The molecule has 0 saturated carbocycles. The molecule has 0 spiro atoms. The van der Waals surface area contributed by atoms with Gasteiger partial charge in [0.15, 0.2) is 6.61 Å². The molecule has 0 aromatic heterocycles. The zero-order chi connectivity index (χ0) is 18.2. The molecule has 25 heavy (non-hydrogen) atoms. The molecule has 0 unspecified atom stereocenters. The molecule has 2 N–H and O–H groups in total. The molecule has 6 nitrogen and oxygen atoms in total. The maximum absolute atomic E-state index is 12.6. The highest BCUT2D eigenvalue weighted by atomic mass is 16.5. The van der Waals surface area contributed by atoms with Gasteiger partial charge in [-0.05, 0) is 57.1 Å². The molecule has 1 heterocycles. The quantitative estimate of drug-likeness (QED) is 0.760. The molecule has 0 aliphatic carbocycles. The maximum Gasteiger partial charge on any atom is 0.255 e. The van der Waals surface area contributed by atoms with Crippen LogP contribution in [0.4, 0.5) is 0 Å². The third-order valence-corrected chi connectivity index (χ3v) is 4.17. The van der Waals surface area contributed by atoms with Gasteiger partial charge in [-0.2, -0.15) is 0 Å². The molecule has 0 radical (unpaired) electrons. The van der Waals surface area contributed by atoms with E-state index >= 15 is 0 Å². The smallest absolute Gasteiger partial charge is 0.255 e. The van der Waals surface area contributed by atoms with E-state index < -0.39 is 5.91 Å². The summed E-state index contributed by atoms with van der Waals surface area (Å²) >= 11 is 0. The van der Waals surface area contributed by atoms with Crippen LogP contribution in [0.1, 0.15) is 24.8 Å². The number of hydrogen-bond donors (Lipinski definition) is 1. The standard InChI is InChI=1S/C19H27N3O3/c1-21(2)13-16-5-3-4-12-22(16)19(24)11-8-15-6-9-17(10-7-15)25-14-18(20)23/h6-11,16H,3-5,12-14H2,1-2H3,(H2,20,23)/b11-8+/t16-/m1/s1. The van der Waals surface area contributed by atoms with Crippen LogP contribution in [0.5, 0.6) is 5.75 Å². The number of rotatable bonds is 7. The number of nitrogens with two attached hydrogens (primary N) is 1. The fourth-order valence-corrected chi connectivity index (χ4v) is 2.99. The molecular formula is C19H27N3O3. The Morgan fingerprint density at radius 2 is 2.00 bits per heavy atom. The predicted molar refractivity (Wildman–Crippen MR) is 98.1 cm³/mol. The second-order valence-corrected chi connectivity index (χ2v) is 6.60. The van der Waals surface area contributed by atoms with Crippen molar-refractivity contribution in [2.45, 2.75) is 25.3 Å². The SMILES string of the molecule is CN(C)C[C@H]1CCCCN1C(=O)/C=C/c1ccc(OCC(N)=O)cc1. The van der Waals surface area contributed by atoms with Crippen molar-refractivity contribution in [1.29, 1.82) is 0 Å². The van der Waals surface area contributed by atoms with E-state index in [9.17, 15) is 9.59 Å². The van der Waals surface area contributed by atoms with Crippen molar-refractivity contribution < 1.29 is 14.3 Å². The number of ether oxygens (including phenoxy) is 1. The minimum atomic E-state index is -0.511. The number of nitrogens with zero attached hydrogens (tertiary/aromatic N) is 2. The second-order valence-electron chi connectivity index (χ2n) is 6.60. The van der Waals surface area contributed by atoms with Gasteiger partial charge in [-0.3, -0.25) is 9.59 Å². The summed E-state index contributed by atoms with van der Waals surface area (Å²) in [5.74, 6) is 0.119. The first-order valence-corrected chi connectivity index (χ1v) is 8.60. The van der Waals surface area contributed by atoms with E-state index in [-0.39, 0.29) is 18.6 Å². The minimum Gasteiger partial charge on any atom is -0.484 e. The molecule has 1 aliphatic heterocycles. The summed E-state index contributed by atoms with van der Waals surface area (Å²) in [4.78, 5) is 27.4. The second kappa shape index (κ2) is 9.22. The molecule has 1 saturated heterocycles. The van der Waals surface area contributed by atoms with Crippen LogP contribution < -0.4 is 10.5 Å². The van der Waals surface area contributed by atoms with Gasteiger partial charge < -0.3 is 20.3 Å². The summed E-state index contributed by atoms with van der Waals surface area (Å²) in [5, 5.41) is 0. The number of primary amides is 1. The van der Waals surface area contributed by atoms with Crippen LogP contribution in [0.2, 0.25) is 0 Å². The third-order valence-electron chi connectivity index (χ3n) is 4.17. The van der Waals surface area contributed by atoms with E-state index in [2.05, 4.69) is 4.90 Å². The molecule has 2 rings (SSSR count). The zero-order valence-electron chi connectivity index (χ0n) is 15.0. The molecule has 136 valence electrons. The van der Waals surface area contributed by atoms with Crippen LogP contribution in [-0.2, 0) is 9.59 Å². The molecule has 1 aliphatic rings. The Labute approximate surface area is 149 Å². The van der Waals surface area contributed by atoms with Gasteiger partial charge in [-0.25, -0.2) is 0 Å². The Bertz CT molecular complexity index is 611. The predicted octanol–water partition coefficient (Wildman–Crippen LogP) is 1.51. The third kappa shape index (κ3) is 6.23. The van der Waals surface area contributed by atoms with Gasteiger partial charge in [-0.15, -0.1) is 0 Å². The van der Waals surface area contributed by atoms with Crippen LogP contribution in [0.15, 0.2) is 30.3 Å². The van der Waals surface area contributed by atoms with Crippen molar-refractivity contribution in [2.75, 3.05) is 33.8 Å². The normalized spacial score (nSPS) is 17.9. The summed E-state index contributed by atoms with van der Waals surface area (Å²) in [6, 6.07) is 7.47. The minimum absolute atomic E-state index is 0.0561. The van der Waals surface area contributed by atoms with Crippen molar-refractivity contribution in [3.63, 3.8) is 0 Å². The number of carbonyl (C=O) groups is 2. The first kappa shape index (κ1) is 19.0. The van der Waals surface area contributed by atoms with Crippen LogP contribution in [0, 0.1) is 0 Å².